The lowest BCUT2D eigenvalue weighted by Crippen LogP contribution is -2.64. The number of nitrogens with one attached hydrogen (secondary N) is 6. The Hall–Kier alpha value is -8.15. The average Bonchev–Trinajstić information content (AvgIpc) is 2.05. The van der Waals surface area contributed by atoms with E-state index in [-0.39, 0.29) is 42.0 Å². The summed E-state index contributed by atoms with van der Waals surface area (Å²) in [7, 11) is 0. The number of hydrogen-bond acceptors (Lipinski definition) is 22. The number of hydrogen-bond donors (Lipinski definition) is 14. The second-order valence-electron chi connectivity index (χ2n) is 22.6. The summed E-state index contributed by atoms with van der Waals surface area (Å²) in [5, 5.41) is 116. The molecule has 8 unspecified atom stereocenters. The number of anilines is 1. The number of phenolic OH excluding ortho intramolecular Hbond substituents is 1. The molecule has 14 atom stereocenters. The third kappa shape index (κ3) is 16.4. The minimum absolute atomic E-state index is 0.0525. The number of carbonyl (C=O) groups excluding carboxylic acids is 7. The zero-order valence-corrected chi connectivity index (χ0v) is 49.6. The van der Waals surface area contributed by atoms with Crippen LogP contribution in [-0.4, -0.2) is 191 Å². The highest BCUT2D eigenvalue weighted by Gasteiger charge is 2.50. The third-order valence-corrected chi connectivity index (χ3v) is 16.4. The number of carbonyl (C=O) groups is 7. The van der Waals surface area contributed by atoms with Gasteiger partial charge in [0.25, 0.3) is 18.2 Å². The standard InChI is InChI=1S/C60H73N9O19S/c1-4-5-6-7-48-63-40-24-37(17-19-46(40)85-48)35-11-9-33(10-12-35)34-13-15-36(16-14-34)54(77)64-41-25-38(71)27-62-58(81)52-53(76)30(2)28-69(52)60(83)51(44(74)20-21-61)67-57(80)50(45(75)22-32-8-18-43(73)47(23-32)86-89-88-87-84)66-56(79)42-26-39(72)29-68(42)59(82)49(31(3)70)65-55(41)78/h8-19,23-24,30-31,38-39,41-42,44-45,48-53,63,70-76,84H,4-7,20,22,25-29H2,1-3H3,(H,62,81)(H,64,77)(H,65,78)(H,66,79)(H,67,80)/t30?,31?,38-,39?,41-,42?,44+,45+,48?,49?,50?,51-,52?,53-/m0/s1. The van der Waals surface area contributed by atoms with Gasteiger partial charge in [0.15, 0.2) is 17.7 Å². The summed E-state index contributed by atoms with van der Waals surface area (Å²) in [6.45, 7) is 3.15. The van der Waals surface area contributed by atoms with Crippen LogP contribution in [0.3, 0.4) is 0 Å². The van der Waals surface area contributed by atoms with E-state index in [4.69, 9.17) is 14.2 Å². The van der Waals surface area contributed by atoms with Crippen LogP contribution in [0.1, 0.15) is 81.6 Å². The number of aliphatic hydroxyl groups excluding tert-OH is 6. The van der Waals surface area contributed by atoms with Crippen LogP contribution in [0.15, 0.2) is 84.9 Å². The minimum atomic E-state index is -2.15. The number of unbranched alkanes of at least 4 members (excludes halogenated alkanes) is 2. The molecule has 4 aromatic carbocycles. The van der Waals surface area contributed by atoms with Gasteiger partial charge in [0.05, 0.1) is 54.8 Å². The van der Waals surface area contributed by atoms with Crippen molar-refractivity contribution in [2.75, 3.05) is 25.0 Å². The van der Waals surface area contributed by atoms with E-state index >= 15 is 0 Å². The Morgan fingerprint density at radius 1 is 0.764 bits per heavy atom. The number of phenols is 1. The van der Waals surface area contributed by atoms with Crippen molar-refractivity contribution < 1.29 is 92.9 Å². The topological polar surface area (TPSA) is 421 Å². The Morgan fingerprint density at radius 3 is 2.09 bits per heavy atom. The maximum Gasteiger partial charge on any atom is 0.261 e. The molecular formula is C60H73N9O19S. The van der Waals surface area contributed by atoms with E-state index in [2.05, 4.69) is 48.2 Å². The molecule has 3 saturated heterocycles. The van der Waals surface area contributed by atoms with Gasteiger partial charge in [-0.2, -0.15) is 5.26 Å². The normalized spacial score (nSPS) is 26.3. The van der Waals surface area contributed by atoms with Crippen molar-refractivity contribution in [3.63, 3.8) is 0 Å². The number of benzene rings is 4. The summed E-state index contributed by atoms with van der Waals surface area (Å²) >= 11 is 0.0692. The predicted molar refractivity (Wildman–Crippen MR) is 316 cm³/mol. The molecule has 4 aromatic rings. The Balaban J connectivity index is 1.06. The van der Waals surface area contributed by atoms with Gasteiger partial charge in [0.2, 0.25) is 35.4 Å². The van der Waals surface area contributed by atoms with Crippen LogP contribution in [0.5, 0.6) is 17.2 Å². The second-order valence-corrected chi connectivity index (χ2v) is 23.0. The zero-order valence-electron chi connectivity index (χ0n) is 48.8. The van der Waals surface area contributed by atoms with Gasteiger partial charge >= 0.3 is 0 Å². The van der Waals surface area contributed by atoms with Crippen molar-refractivity contribution in [3.05, 3.63) is 96.1 Å². The summed E-state index contributed by atoms with van der Waals surface area (Å²) < 4.78 is 15.4. The van der Waals surface area contributed by atoms with Crippen molar-refractivity contribution in [2.24, 2.45) is 5.92 Å². The summed E-state index contributed by atoms with van der Waals surface area (Å²) in [5.74, 6) is -8.79. The molecule has 0 spiro atoms. The van der Waals surface area contributed by atoms with Crippen molar-refractivity contribution in [1.82, 2.24) is 36.4 Å². The number of nitriles is 1. The van der Waals surface area contributed by atoms with E-state index in [0.717, 1.165) is 88.2 Å². The van der Waals surface area contributed by atoms with E-state index in [1.54, 1.807) is 18.2 Å². The molecule has 3 fully saturated rings. The van der Waals surface area contributed by atoms with Crippen molar-refractivity contribution in [2.45, 2.75) is 151 Å². The first-order chi connectivity index (χ1) is 42.6. The molecule has 28 nitrogen and oxygen atoms in total. The van der Waals surface area contributed by atoms with Gasteiger partial charge in [0.1, 0.15) is 42.0 Å². The number of rotatable bonds is 18. The number of fused-ring (bicyclic) bond motifs is 3. The molecule has 0 aliphatic carbocycles. The van der Waals surface area contributed by atoms with E-state index in [1.165, 1.54) is 25.1 Å². The molecule has 4 aliphatic rings. The molecule has 8 rings (SSSR count). The van der Waals surface area contributed by atoms with Gasteiger partial charge in [-0.05, 0) is 77.6 Å². The molecule has 0 aromatic heterocycles. The van der Waals surface area contributed by atoms with E-state index in [9.17, 15) is 74.6 Å². The molecule has 89 heavy (non-hydrogen) atoms. The highest BCUT2D eigenvalue weighted by molar-refractivity contribution is 7.90. The van der Waals surface area contributed by atoms with Crippen molar-refractivity contribution in [1.29, 1.82) is 5.26 Å². The minimum Gasteiger partial charge on any atom is -0.504 e. The first kappa shape index (κ1) is 66.8. The molecule has 14 N–H and O–H groups in total. The van der Waals surface area contributed by atoms with E-state index in [0.29, 0.717) is 0 Å². The maximum absolute atomic E-state index is 14.6. The predicted octanol–water partition coefficient (Wildman–Crippen LogP) is 0.662. The number of nitrogens with zero attached hydrogens (tertiary/aromatic N) is 3. The maximum atomic E-state index is 14.6. The SMILES string of the molecule is CCCCCC1Nc2cc(-c3ccc(-c4ccc(C(=O)N[C@H]5C[C@H](O)CNC(=O)C6[C@@H](O)C(C)CN6C(=O)[C@H]([C@H](O)CC#N)NC(=O)C([C@H](O)Cc6ccc(O)c(OSOOO)c6)NC(=O)C6CC(O)CN6C(=O)C(C(C)O)NC5=O)cc4)cc3)ccc2O1. The van der Waals surface area contributed by atoms with Crippen molar-refractivity contribution >= 4 is 59.4 Å². The number of ether oxygens (including phenoxy) is 1. The number of aromatic hydroxyl groups is 1. The molecular weight excluding hydrogens is 1180 g/mol. The fraction of sp³-hybridized carbons (Fsp3) is 0.467. The van der Waals surface area contributed by atoms with Crippen LogP contribution in [0.4, 0.5) is 5.69 Å². The molecule has 4 heterocycles. The van der Waals surface area contributed by atoms with Gasteiger partial charge in [-0.25, -0.2) is 5.26 Å². The van der Waals surface area contributed by atoms with E-state index in [1.807, 2.05) is 42.5 Å². The molecule has 7 amide bonds. The average molecular weight is 1260 g/mol. The fourth-order valence-corrected chi connectivity index (χ4v) is 11.5. The highest BCUT2D eigenvalue weighted by Crippen LogP contribution is 2.38. The highest BCUT2D eigenvalue weighted by atomic mass is 32.2. The van der Waals surface area contributed by atoms with Gasteiger partial charge in [0, 0.05) is 56.8 Å². The Labute approximate surface area is 515 Å². The van der Waals surface area contributed by atoms with E-state index < -0.39 is 165 Å². The van der Waals surface area contributed by atoms with Crippen LogP contribution in [0, 0.1) is 17.2 Å². The van der Waals surface area contributed by atoms with Crippen LogP contribution in [0.25, 0.3) is 22.3 Å². The van der Waals surface area contributed by atoms with Crippen LogP contribution >= 0.6 is 12.3 Å². The molecule has 29 heteroatoms. The quantitative estimate of drug-likeness (QED) is 0.0282. The first-order valence-electron chi connectivity index (χ1n) is 29.1. The van der Waals surface area contributed by atoms with Crippen LogP contribution in [0.2, 0.25) is 0 Å². The van der Waals surface area contributed by atoms with Gasteiger partial charge in [-0.3, -0.25) is 33.6 Å². The largest absolute Gasteiger partial charge is 0.504 e. The summed E-state index contributed by atoms with van der Waals surface area (Å²) in [6.07, 6.45) is -8.97. The Kier molecular flexibility index (Phi) is 22.8. The summed E-state index contributed by atoms with van der Waals surface area (Å²) in [6, 6.07) is 14.0. The molecule has 478 valence electrons. The first-order valence-corrected chi connectivity index (χ1v) is 29.7. The number of β-amino-alcohol motifs (C(OH)–C–C–N with tert-alkyl or cyclic N) is 1. The lowest BCUT2D eigenvalue weighted by atomic mass is 9.98. The van der Waals surface area contributed by atoms with Gasteiger partial charge in [-0.1, -0.05) is 84.6 Å². The lowest BCUT2D eigenvalue weighted by Gasteiger charge is -2.33. The zero-order chi connectivity index (χ0) is 64.2. The Morgan fingerprint density at radius 2 is 1.42 bits per heavy atom. The molecule has 4 aliphatic heterocycles. The number of aliphatic hydroxyl groups is 6. The van der Waals surface area contributed by atoms with Gasteiger partial charge < -0.3 is 86.4 Å². The fourth-order valence-electron chi connectivity index (χ4n) is 11.2. The summed E-state index contributed by atoms with van der Waals surface area (Å²) in [5.41, 5.74) is 4.55. The second kappa shape index (κ2) is 30.4. The van der Waals surface area contributed by atoms with Crippen LogP contribution in [-0.2, 0) is 44.6 Å². The monoisotopic (exact) mass is 1260 g/mol. The molecule has 0 radical (unpaired) electrons. The molecule has 0 saturated carbocycles. The summed E-state index contributed by atoms with van der Waals surface area (Å²) in [4.78, 5) is 103. The number of amides is 7. The molecule has 0 bridgehead atoms. The van der Waals surface area contributed by atoms with Crippen molar-refractivity contribution in [3.8, 4) is 45.6 Å². The van der Waals surface area contributed by atoms with Gasteiger partial charge in [-0.15, -0.1) is 0 Å². The lowest BCUT2D eigenvalue weighted by molar-refractivity contribution is -0.433. The smallest absolute Gasteiger partial charge is 0.261 e. The third-order valence-electron chi connectivity index (χ3n) is 16.0. The Bertz CT molecular complexity index is 3230. The van der Waals surface area contributed by atoms with Crippen LogP contribution < -0.4 is 40.8 Å².